The Morgan fingerprint density at radius 2 is 1.64 bits per heavy atom. The van der Waals surface area contributed by atoms with Gasteiger partial charge in [-0.05, 0) is 62.6 Å². The molecule has 0 spiro atoms. The Hall–Kier alpha value is -2.13. The normalized spacial score (nSPS) is 25.7. The molecule has 2 fully saturated rings. The molecule has 2 heterocycles. The highest BCUT2D eigenvalue weighted by Gasteiger charge is 2.40. The van der Waals surface area contributed by atoms with Crippen LogP contribution in [0.1, 0.15) is 41.6 Å². The fourth-order valence-electron chi connectivity index (χ4n) is 4.32. The Bertz CT molecular complexity index is 711. The number of ketones is 1. The Balaban J connectivity index is 1.37. The summed E-state index contributed by atoms with van der Waals surface area (Å²) < 4.78 is 5.81. The molecule has 2 bridgehead atoms. The Labute approximate surface area is 149 Å². The molecule has 0 aromatic heterocycles. The molecule has 2 aliphatic rings. The van der Waals surface area contributed by atoms with Crippen LogP contribution in [0.3, 0.4) is 0 Å². The summed E-state index contributed by atoms with van der Waals surface area (Å²) in [7, 11) is 2.21. The summed E-state index contributed by atoms with van der Waals surface area (Å²) in [6.07, 6.45) is 4.52. The van der Waals surface area contributed by atoms with E-state index in [1.807, 2.05) is 54.6 Å². The van der Waals surface area contributed by atoms with Gasteiger partial charge in [-0.1, -0.05) is 30.3 Å². The van der Waals surface area contributed by atoms with Gasteiger partial charge >= 0.3 is 0 Å². The first-order valence-corrected chi connectivity index (χ1v) is 9.23. The van der Waals surface area contributed by atoms with Crippen LogP contribution in [0.4, 0.5) is 0 Å². The van der Waals surface area contributed by atoms with Crippen LogP contribution >= 0.6 is 0 Å². The lowest BCUT2D eigenvalue weighted by Crippen LogP contribution is -2.42. The second kappa shape index (κ2) is 7.01. The van der Waals surface area contributed by atoms with E-state index in [2.05, 4.69) is 11.9 Å². The summed E-state index contributed by atoms with van der Waals surface area (Å²) in [6.45, 7) is 0.548. The molecule has 130 valence electrons. The number of benzene rings is 2. The van der Waals surface area contributed by atoms with Crippen molar-refractivity contribution in [2.24, 2.45) is 5.92 Å². The Morgan fingerprint density at radius 1 is 1.00 bits per heavy atom. The van der Waals surface area contributed by atoms with Gasteiger partial charge in [0, 0.05) is 23.6 Å². The van der Waals surface area contributed by atoms with Gasteiger partial charge in [0.15, 0.2) is 5.78 Å². The van der Waals surface area contributed by atoms with Crippen molar-refractivity contribution < 1.29 is 9.53 Å². The van der Waals surface area contributed by atoms with Gasteiger partial charge in [-0.25, -0.2) is 0 Å². The number of carbonyl (C=O) groups is 1. The second-order valence-electron chi connectivity index (χ2n) is 7.38. The maximum absolute atomic E-state index is 12.9. The van der Waals surface area contributed by atoms with Crippen LogP contribution in [-0.2, 0) is 6.61 Å². The van der Waals surface area contributed by atoms with Gasteiger partial charge < -0.3 is 9.64 Å². The third-order valence-corrected chi connectivity index (χ3v) is 5.86. The quantitative estimate of drug-likeness (QED) is 0.762. The number of rotatable bonds is 5. The SMILES string of the molecule is CN1C2CCC1CC(C(=O)c1ccc(OCc3ccccc3)cc1)C2. The molecule has 2 saturated heterocycles. The Kier molecular flexibility index (Phi) is 4.58. The summed E-state index contributed by atoms with van der Waals surface area (Å²) >= 11 is 0. The molecule has 0 saturated carbocycles. The molecule has 0 amide bonds. The molecule has 2 unspecified atom stereocenters. The number of ether oxygens (including phenoxy) is 1. The van der Waals surface area contributed by atoms with Gasteiger partial charge in [-0.15, -0.1) is 0 Å². The largest absolute Gasteiger partial charge is 0.489 e. The number of Topliss-reactive ketones (excluding diaryl/α,β-unsaturated/α-hetero) is 1. The summed E-state index contributed by atoms with van der Waals surface area (Å²) in [5.74, 6) is 1.30. The first-order chi connectivity index (χ1) is 12.2. The number of piperidine rings is 1. The average molecular weight is 335 g/mol. The van der Waals surface area contributed by atoms with Gasteiger partial charge in [0.05, 0.1) is 0 Å². The lowest BCUT2D eigenvalue weighted by atomic mass is 9.85. The van der Waals surface area contributed by atoms with E-state index in [4.69, 9.17) is 4.74 Å². The molecular formula is C22H25NO2. The highest BCUT2D eigenvalue weighted by atomic mass is 16.5. The van der Waals surface area contributed by atoms with Crippen molar-refractivity contribution in [3.05, 3.63) is 65.7 Å². The topological polar surface area (TPSA) is 29.5 Å². The molecule has 2 aromatic carbocycles. The van der Waals surface area contributed by atoms with Gasteiger partial charge in [-0.2, -0.15) is 0 Å². The van der Waals surface area contributed by atoms with Crippen molar-refractivity contribution in [3.8, 4) is 5.75 Å². The van der Waals surface area contributed by atoms with Crippen LogP contribution in [0.25, 0.3) is 0 Å². The van der Waals surface area contributed by atoms with Crippen molar-refractivity contribution >= 4 is 5.78 Å². The van der Waals surface area contributed by atoms with E-state index < -0.39 is 0 Å². The Morgan fingerprint density at radius 3 is 2.28 bits per heavy atom. The summed E-state index contributed by atoms with van der Waals surface area (Å²) in [5, 5.41) is 0. The van der Waals surface area contributed by atoms with Crippen LogP contribution < -0.4 is 4.74 Å². The van der Waals surface area contributed by atoms with E-state index in [9.17, 15) is 4.79 Å². The third-order valence-electron chi connectivity index (χ3n) is 5.86. The van der Waals surface area contributed by atoms with Gasteiger partial charge in [-0.3, -0.25) is 4.79 Å². The average Bonchev–Trinajstić information content (AvgIpc) is 2.87. The number of hydrogen-bond donors (Lipinski definition) is 0. The second-order valence-corrected chi connectivity index (χ2v) is 7.38. The summed E-state index contributed by atoms with van der Waals surface area (Å²) in [6, 6.07) is 19.0. The monoisotopic (exact) mass is 335 g/mol. The maximum atomic E-state index is 12.9. The molecule has 4 rings (SSSR count). The first-order valence-electron chi connectivity index (χ1n) is 9.23. The van der Waals surface area contributed by atoms with E-state index in [0.717, 1.165) is 29.7 Å². The van der Waals surface area contributed by atoms with Crippen LogP contribution in [0.2, 0.25) is 0 Å². The number of carbonyl (C=O) groups excluding carboxylic acids is 1. The third kappa shape index (κ3) is 3.47. The zero-order valence-electron chi connectivity index (χ0n) is 14.7. The molecule has 0 N–H and O–H groups in total. The molecule has 0 radical (unpaired) electrons. The lowest BCUT2D eigenvalue weighted by Gasteiger charge is -2.35. The van der Waals surface area contributed by atoms with E-state index in [1.165, 1.54) is 12.8 Å². The van der Waals surface area contributed by atoms with Crippen LogP contribution in [-0.4, -0.2) is 29.8 Å². The van der Waals surface area contributed by atoms with Crippen LogP contribution in [0.5, 0.6) is 5.75 Å². The van der Waals surface area contributed by atoms with E-state index in [-0.39, 0.29) is 5.92 Å². The minimum Gasteiger partial charge on any atom is -0.489 e. The van der Waals surface area contributed by atoms with E-state index in [0.29, 0.717) is 24.5 Å². The molecule has 2 aliphatic heterocycles. The molecule has 3 nitrogen and oxygen atoms in total. The van der Waals surface area contributed by atoms with Crippen molar-refractivity contribution in [1.82, 2.24) is 4.90 Å². The fraction of sp³-hybridized carbons (Fsp3) is 0.409. The van der Waals surface area contributed by atoms with Crippen LogP contribution in [0, 0.1) is 5.92 Å². The van der Waals surface area contributed by atoms with Crippen LogP contribution in [0.15, 0.2) is 54.6 Å². The smallest absolute Gasteiger partial charge is 0.166 e. The van der Waals surface area contributed by atoms with Gasteiger partial charge in [0.25, 0.3) is 0 Å². The summed E-state index contributed by atoms with van der Waals surface area (Å²) in [4.78, 5) is 15.3. The van der Waals surface area contributed by atoms with Gasteiger partial charge in [0.1, 0.15) is 12.4 Å². The van der Waals surface area contributed by atoms with Gasteiger partial charge in [0.2, 0.25) is 0 Å². The predicted octanol–water partition coefficient (Wildman–Crippen LogP) is 4.32. The van der Waals surface area contributed by atoms with Crippen molar-refractivity contribution in [2.75, 3.05) is 7.05 Å². The van der Waals surface area contributed by atoms with Crippen molar-refractivity contribution in [1.29, 1.82) is 0 Å². The summed E-state index contributed by atoms with van der Waals surface area (Å²) in [5.41, 5.74) is 1.96. The zero-order valence-corrected chi connectivity index (χ0v) is 14.7. The molecule has 2 aromatic rings. The lowest BCUT2D eigenvalue weighted by molar-refractivity contribution is 0.0767. The van der Waals surface area contributed by atoms with Crippen molar-refractivity contribution in [3.63, 3.8) is 0 Å². The molecule has 25 heavy (non-hydrogen) atoms. The predicted molar refractivity (Wildman–Crippen MR) is 98.8 cm³/mol. The maximum Gasteiger partial charge on any atom is 0.166 e. The van der Waals surface area contributed by atoms with E-state index in [1.54, 1.807) is 0 Å². The van der Waals surface area contributed by atoms with E-state index >= 15 is 0 Å². The number of nitrogens with zero attached hydrogens (tertiary/aromatic N) is 1. The standard InChI is InChI=1S/C22H25NO2/c1-23-19-9-10-20(23)14-18(13-19)22(24)17-7-11-21(12-8-17)25-15-16-5-3-2-4-6-16/h2-8,11-12,18-20H,9-10,13-15H2,1H3. The first kappa shape index (κ1) is 16.3. The number of hydrogen-bond acceptors (Lipinski definition) is 3. The number of fused-ring (bicyclic) bond motifs is 2. The fourth-order valence-corrected chi connectivity index (χ4v) is 4.32. The highest BCUT2D eigenvalue weighted by Crippen LogP contribution is 2.38. The molecular weight excluding hydrogens is 310 g/mol. The minimum atomic E-state index is 0.185. The molecule has 0 aliphatic carbocycles. The molecule has 3 heteroatoms. The minimum absolute atomic E-state index is 0.185. The van der Waals surface area contributed by atoms with Crippen molar-refractivity contribution in [2.45, 2.75) is 44.4 Å². The molecule has 2 atom stereocenters. The zero-order chi connectivity index (χ0) is 17.2. The highest BCUT2D eigenvalue weighted by molar-refractivity contribution is 5.98.